The number of benzene rings is 2. The van der Waals surface area contributed by atoms with E-state index in [0.717, 1.165) is 17.7 Å². The molecule has 1 aliphatic rings. The quantitative estimate of drug-likeness (QED) is 0.767. The van der Waals surface area contributed by atoms with Gasteiger partial charge in [0.05, 0.1) is 5.56 Å². The molecule has 0 saturated carbocycles. The van der Waals surface area contributed by atoms with Crippen molar-refractivity contribution in [2.45, 2.75) is 18.5 Å². The molecule has 2 aromatic rings. The molecule has 1 amide bonds. The van der Waals surface area contributed by atoms with Crippen LogP contribution in [0.3, 0.4) is 0 Å². The van der Waals surface area contributed by atoms with Crippen LogP contribution in [-0.2, 0) is 6.18 Å². The first-order chi connectivity index (χ1) is 11.4. The zero-order chi connectivity index (χ0) is 17.3. The Bertz CT molecular complexity index is 760. The highest BCUT2D eigenvalue weighted by Gasteiger charge is 2.35. The van der Waals surface area contributed by atoms with Gasteiger partial charge in [0.25, 0.3) is 5.91 Å². The van der Waals surface area contributed by atoms with Gasteiger partial charge in [-0.25, -0.2) is 0 Å². The summed E-state index contributed by atoms with van der Waals surface area (Å²) in [5.41, 5.74) is 1.28. The van der Waals surface area contributed by atoms with E-state index in [9.17, 15) is 18.0 Å². The molecule has 1 fully saturated rings. The third-order valence-corrected chi connectivity index (χ3v) is 5.29. The van der Waals surface area contributed by atoms with Gasteiger partial charge in [-0.3, -0.25) is 4.79 Å². The molecule has 1 heterocycles. The number of halogens is 3. The number of amides is 1. The molecule has 0 spiro atoms. The van der Waals surface area contributed by atoms with Gasteiger partial charge in [-0.15, -0.1) is 11.8 Å². The molecule has 6 heteroatoms. The van der Waals surface area contributed by atoms with E-state index in [-0.39, 0.29) is 11.3 Å². The highest BCUT2D eigenvalue weighted by atomic mass is 32.2. The Balaban J connectivity index is 1.92. The van der Waals surface area contributed by atoms with E-state index in [1.165, 1.54) is 17.8 Å². The van der Waals surface area contributed by atoms with Gasteiger partial charge in [0.1, 0.15) is 5.37 Å². The Labute approximate surface area is 142 Å². The summed E-state index contributed by atoms with van der Waals surface area (Å²) in [6.45, 7) is 2.38. The molecule has 1 aliphatic heterocycles. The fraction of sp³-hybridized carbons (Fsp3) is 0.278. The Morgan fingerprint density at radius 2 is 1.92 bits per heavy atom. The van der Waals surface area contributed by atoms with Crippen molar-refractivity contribution >= 4 is 17.7 Å². The molecule has 0 radical (unpaired) electrons. The van der Waals surface area contributed by atoms with Crippen molar-refractivity contribution in [3.63, 3.8) is 0 Å². The van der Waals surface area contributed by atoms with Gasteiger partial charge >= 0.3 is 6.18 Å². The molecule has 2 aromatic carbocycles. The summed E-state index contributed by atoms with van der Waals surface area (Å²) in [5, 5.41) is -0.389. The molecule has 24 heavy (non-hydrogen) atoms. The van der Waals surface area contributed by atoms with Gasteiger partial charge in [0, 0.05) is 17.9 Å². The van der Waals surface area contributed by atoms with Gasteiger partial charge in [-0.2, -0.15) is 13.2 Å². The average Bonchev–Trinajstić information content (AvgIpc) is 3.03. The number of hydrogen-bond donors (Lipinski definition) is 0. The fourth-order valence-corrected chi connectivity index (χ4v) is 4.04. The third kappa shape index (κ3) is 3.29. The fourth-order valence-electron chi connectivity index (χ4n) is 2.79. The summed E-state index contributed by atoms with van der Waals surface area (Å²) >= 11 is 1.49. The highest BCUT2D eigenvalue weighted by molar-refractivity contribution is 7.99. The second kappa shape index (κ2) is 6.51. The Morgan fingerprint density at radius 1 is 1.17 bits per heavy atom. The van der Waals surface area contributed by atoms with Gasteiger partial charge in [-0.05, 0) is 36.2 Å². The number of rotatable bonds is 2. The third-order valence-electron chi connectivity index (χ3n) is 4.03. The molecule has 126 valence electrons. The van der Waals surface area contributed by atoms with Crippen molar-refractivity contribution in [2.75, 3.05) is 12.3 Å². The van der Waals surface area contributed by atoms with Crippen LogP contribution in [0, 0.1) is 6.92 Å². The van der Waals surface area contributed by atoms with E-state index in [4.69, 9.17) is 0 Å². The number of alkyl halides is 3. The molecule has 0 unspecified atom stereocenters. The summed E-state index contributed by atoms with van der Waals surface area (Å²) in [4.78, 5) is 14.5. The molecule has 1 atom stereocenters. The van der Waals surface area contributed by atoms with E-state index in [1.807, 2.05) is 19.1 Å². The number of aryl methyl sites for hydroxylation is 1. The number of hydrogen-bond acceptors (Lipinski definition) is 2. The van der Waals surface area contributed by atoms with Crippen molar-refractivity contribution in [3.8, 4) is 0 Å². The van der Waals surface area contributed by atoms with Crippen molar-refractivity contribution in [1.29, 1.82) is 0 Å². The van der Waals surface area contributed by atoms with Gasteiger partial charge in [0.2, 0.25) is 0 Å². The summed E-state index contributed by atoms with van der Waals surface area (Å²) in [5.74, 6) is 0.568. The average molecular weight is 351 g/mol. The van der Waals surface area contributed by atoms with Crippen LogP contribution in [0.2, 0.25) is 0 Å². The van der Waals surface area contributed by atoms with E-state index in [2.05, 4.69) is 0 Å². The second-order valence-electron chi connectivity index (χ2n) is 5.66. The predicted octanol–water partition coefficient (Wildman–Crippen LogP) is 4.90. The molecule has 0 N–H and O–H groups in total. The zero-order valence-electron chi connectivity index (χ0n) is 13.0. The maximum atomic E-state index is 12.9. The van der Waals surface area contributed by atoms with Crippen LogP contribution >= 0.6 is 11.8 Å². The summed E-state index contributed by atoms with van der Waals surface area (Å²) in [6, 6.07) is 12.5. The summed E-state index contributed by atoms with van der Waals surface area (Å²) in [6.07, 6.45) is -4.38. The molecule has 0 aliphatic carbocycles. The monoisotopic (exact) mass is 351 g/mol. The van der Waals surface area contributed by atoms with Crippen molar-refractivity contribution < 1.29 is 18.0 Å². The Kier molecular flexibility index (Phi) is 4.58. The largest absolute Gasteiger partial charge is 0.416 e. The first kappa shape index (κ1) is 16.9. The minimum absolute atomic E-state index is 0.138. The van der Waals surface area contributed by atoms with Gasteiger partial charge in [0.15, 0.2) is 0 Å². The van der Waals surface area contributed by atoms with E-state index in [0.29, 0.717) is 23.4 Å². The van der Waals surface area contributed by atoms with Crippen LogP contribution < -0.4 is 0 Å². The maximum absolute atomic E-state index is 12.9. The molecule has 0 bridgehead atoms. The lowest BCUT2D eigenvalue weighted by Crippen LogP contribution is -2.31. The van der Waals surface area contributed by atoms with E-state index < -0.39 is 11.7 Å². The zero-order valence-corrected chi connectivity index (χ0v) is 13.8. The van der Waals surface area contributed by atoms with Gasteiger partial charge < -0.3 is 4.90 Å². The van der Waals surface area contributed by atoms with Gasteiger partial charge in [-0.1, -0.05) is 30.3 Å². The molecular formula is C18H16F3NOS. The SMILES string of the molecule is Cc1ccccc1C(=O)N1CCS[C@H]1c1cccc(C(F)(F)F)c1. The minimum Gasteiger partial charge on any atom is -0.322 e. The smallest absolute Gasteiger partial charge is 0.322 e. The predicted molar refractivity (Wildman–Crippen MR) is 88.9 cm³/mol. The summed E-state index contributed by atoms with van der Waals surface area (Å²) < 4.78 is 38.8. The number of thioether (sulfide) groups is 1. The van der Waals surface area contributed by atoms with E-state index in [1.54, 1.807) is 23.1 Å². The van der Waals surface area contributed by atoms with Crippen LogP contribution in [0.4, 0.5) is 13.2 Å². The number of carbonyl (C=O) groups is 1. The number of carbonyl (C=O) groups excluding carboxylic acids is 1. The minimum atomic E-state index is -4.38. The molecule has 3 rings (SSSR count). The van der Waals surface area contributed by atoms with Crippen molar-refractivity contribution in [2.24, 2.45) is 0 Å². The topological polar surface area (TPSA) is 20.3 Å². The lowest BCUT2D eigenvalue weighted by molar-refractivity contribution is -0.137. The van der Waals surface area contributed by atoms with Crippen LogP contribution in [0.1, 0.15) is 32.4 Å². The first-order valence-corrected chi connectivity index (χ1v) is 8.58. The standard InChI is InChI=1S/C18H16F3NOS/c1-12-5-2-3-8-15(12)16(23)22-9-10-24-17(22)13-6-4-7-14(11-13)18(19,20)21/h2-8,11,17H,9-10H2,1H3/t17-/m0/s1. The van der Waals surface area contributed by atoms with Crippen LogP contribution in [-0.4, -0.2) is 23.1 Å². The van der Waals surface area contributed by atoms with Crippen LogP contribution in [0.15, 0.2) is 48.5 Å². The van der Waals surface area contributed by atoms with Crippen LogP contribution in [0.5, 0.6) is 0 Å². The van der Waals surface area contributed by atoms with Crippen molar-refractivity contribution in [1.82, 2.24) is 4.90 Å². The lowest BCUT2D eigenvalue weighted by atomic mass is 10.1. The number of nitrogens with zero attached hydrogens (tertiary/aromatic N) is 1. The summed E-state index contributed by atoms with van der Waals surface area (Å²) in [7, 11) is 0. The van der Waals surface area contributed by atoms with E-state index >= 15 is 0 Å². The van der Waals surface area contributed by atoms with Crippen LogP contribution in [0.25, 0.3) is 0 Å². The Hall–Kier alpha value is -1.95. The van der Waals surface area contributed by atoms with Crippen molar-refractivity contribution in [3.05, 3.63) is 70.8 Å². The lowest BCUT2D eigenvalue weighted by Gasteiger charge is -2.25. The highest BCUT2D eigenvalue weighted by Crippen LogP contribution is 2.40. The Morgan fingerprint density at radius 3 is 2.62 bits per heavy atom. The molecule has 0 aromatic heterocycles. The normalized spacial score (nSPS) is 18.0. The molecule has 1 saturated heterocycles. The molecular weight excluding hydrogens is 335 g/mol. The second-order valence-corrected chi connectivity index (χ2v) is 6.85. The first-order valence-electron chi connectivity index (χ1n) is 7.53. The molecule has 2 nitrogen and oxygen atoms in total. The maximum Gasteiger partial charge on any atom is 0.416 e.